The quantitative estimate of drug-likeness (QED) is 0.812. The minimum absolute atomic E-state index is 0.171. The topological polar surface area (TPSA) is 72.2 Å². The highest BCUT2D eigenvalue weighted by atomic mass is 79.9. The van der Waals surface area contributed by atoms with E-state index in [2.05, 4.69) is 20.7 Å². The lowest BCUT2D eigenvalue weighted by molar-refractivity contribution is 0.566. The van der Waals surface area contributed by atoms with Gasteiger partial charge in [-0.05, 0) is 43.2 Å². The second-order valence-corrected chi connectivity index (χ2v) is 7.45. The van der Waals surface area contributed by atoms with Crippen LogP contribution in [0.4, 0.5) is 5.69 Å². The fraction of sp³-hybridized carbons (Fsp3) is 0.200. The van der Waals surface area contributed by atoms with Gasteiger partial charge in [0.2, 0.25) is 10.0 Å². The minimum atomic E-state index is -3.61. The second-order valence-electron chi connectivity index (χ2n) is 4.88. The van der Waals surface area contributed by atoms with Crippen LogP contribution in [-0.2, 0) is 10.0 Å². The summed E-state index contributed by atoms with van der Waals surface area (Å²) in [5, 5.41) is 0. The number of benzene rings is 2. The average molecular weight is 369 g/mol. The molecule has 2 aromatic carbocycles. The Morgan fingerprint density at radius 2 is 1.86 bits per heavy atom. The molecule has 0 aliphatic carbocycles. The summed E-state index contributed by atoms with van der Waals surface area (Å²) in [4.78, 5) is 0.171. The maximum atomic E-state index is 12.4. The van der Waals surface area contributed by atoms with Gasteiger partial charge in [0.05, 0.1) is 4.90 Å². The van der Waals surface area contributed by atoms with Gasteiger partial charge in [-0.25, -0.2) is 13.1 Å². The van der Waals surface area contributed by atoms with E-state index in [1.807, 2.05) is 31.2 Å². The molecule has 112 valence electrons. The minimum Gasteiger partial charge on any atom is -0.398 e. The number of nitrogens with two attached hydrogens (primary N) is 1. The van der Waals surface area contributed by atoms with Crippen LogP contribution in [0.25, 0.3) is 0 Å². The molecule has 0 bridgehead atoms. The first kappa shape index (κ1) is 16.0. The van der Waals surface area contributed by atoms with Crippen molar-refractivity contribution in [2.75, 3.05) is 5.73 Å². The van der Waals surface area contributed by atoms with Gasteiger partial charge in [-0.3, -0.25) is 0 Å². The van der Waals surface area contributed by atoms with Crippen molar-refractivity contribution in [1.82, 2.24) is 4.72 Å². The standard InChI is InChI=1S/C15H17BrN2O2S/c1-10-7-8-12(9-15(10)17)21(19,20)18-11(2)13-5-3-4-6-14(13)16/h3-9,11,18H,17H2,1-2H3. The van der Waals surface area contributed by atoms with Gasteiger partial charge < -0.3 is 5.73 Å². The molecule has 0 radical (unpaired) electrons. The van der Waals surface area contributed by atoms with Crippen LogP contribution in [0.5, 0.6) is 0 Å². The van der Waals surface area contributed by atoms with Crippen molar-refractivity contribution in [1.29, 1.82) is 0 Å². The Morgan fingerprint density at radius 3 is 2.48 bits per heavy atom. The Balaban J connectivity index is 2.29. The van der Waals surface area contributed by atoms with Crippen molar-refractivity contribution < 1.29 is 8.42 Å². The summed E-state index contributed by atoms with van der Waals surface area (Å²) in [6, 6.07) is 11.9. The highest BCUT2D eigenvalue weighted by Gasteiger charge is 2.20. The van der Waals surface area contributed by atoms with E-state index < -0.39 is 10.0 Å². The normalized spacial score (nSPS) is 13.1. The molecule has 0 saturated heterocycles. The van der Waals surface area contributed by atoms with Crippen LogP contribution in [0.1, 0.15) is 24.1 Å². The molecule has 1 unspecified atom stereocenters. The van der Waals surface area contributed by atoms with Crippen LogP contribution in [0.15, 0.2) is 51.8 Å². The number of aryl methyl sites for hydroxylation is 1. The number of anilines is 1. The summed E-state index contributed by atoms with van der Waals surface area (Å²) in [6.45, 7) is 3.64. The van der Waals surface area contributed by atoms with Crippen molar-refractivity contribution in [2.45, 2.75) is 24.8 Å². The third-order valence-corrected chi connectivity index (χ3v) is 5.53. The Kier molecular flexibility index (Phi) is 4.70. The summed E-state index contributed by atoms with van der Waals surface area (Å²) in [5.41, 5.74) is 7.98. The first-order chi connectivity index (χ1) is 9.81. The van der Waals surface area contributed by atoms with Crippen LogP contribution in [0, 0.1) is 6.92 Å². The zero-order chi connectivity index (χ0) is 15.6. The van der Waals surface area contributed by atoms with E-state index in [1.54, 1.807) is 19.1 Å². The summed E-state index contributed by atoms with van der Waals surface area (Å²) in [5.74, 6) is 0. The number of hydrogen-bond acceptors (Lipinski definition) is 3. The molecular weight excluding hydrogens is 352 g/mol. The summed E-state index contributed by atoms with van der Waals surface area (Å²) >= 11 is 3.43. The van der Waals surface area contributed by atoms with Gasteiger partial charge in [0.15, 0.2) is 0 Å². The molecule has 0 amide bonds. The van der Waals surface area contributed by atoms with Crippen LogP contribution in [-0.4, -0.2) is 8.42 Å². The molecule has 21 heavy (non-hydrogen) atoms. The molecule has 0 aromatic heterocycles. The highest BCUT2D eigenvalue weighted by molar-refractivity contribution is 9.10. The van der Waals surface area contributed by atoms with Crippen LogP contribution >= 0.6 is 15.9 Å². The predicted molar refractivity (Wildman–Crippen MR) is 88.5 cm³/mol. The Morgan fingerprint density at radius 1 is 1.19 bits per heavy atom. The van der Waals surface area contributed by atoms with Crippen molar-refractivity contribution in [3.63, 3.8) is 0 Å². The molecule has 0 aliphatic rings. The molecule has 0 heterocycles. The van der Waals surface area contributed by atoms with Crippen LogP contribution in [0.2, 0.25) is 0 Å². The third kappa shape index (κ3) is 3.64. The molecule has 0 aliphatic heterocycles. The largest absolute Gasteiger partial charge is 0.398 e. The molecule has 1 atom stereocenters. The fourth-order valence-electron chi connectivity index (χ4n) is 1.98. The van der Waals surface area contributed by atoms with Crippen LogP contribution < -0.4 is 10.5 Å². The van der Waals surface area contributed by atoms with E-state index in [-0.39, 0.29) is 10.9 Å². The number of nitrogen functional groups attached to an aromatic ring is 1. The second kappa shape index (κ2) is 6.17. The SMILES string of the molecule is Cc1ccc(S(=O)(=O)NC(C)c2ccccc2Br)cc1N. The third-order valence-electron chi connectivity index (χ3n) is 3.26. The van der Waals surface area contributed by atoms with Crippen molar-refractivity contribution in [3.05, 3.63) is 58.1 Å². The summed E-state index contributed by atoms with van der Waals surface area (Å²) < 4.78 is 28.3. The maximum Gasteiger partial charge on any atom is 0.241 e. The summed E-state index contributed by atoms with van der Waals surface area (Å²) in [6.07, 6.45) is 0. The molecule has 4 nitrogen and oxygen atoms in total. The van der Waals surface area contributed by atoms with Gasteiger partial charge in [-0.2, -0.15) is 0 Å². The zero-order valence-corrected chi connectivity index (χ0v) is 14.2. The molecule has 0 spiro atoms. The summed E-state index contributed by atoms with van der Waals surface area (Å²) in [7, 11) is -3.61. The lowest BCUT2D eigenvalue weighted by Crippen LogP contribution is -2.27. The molecule has 0 saturated carbocycles. The number of sulfonamides is 1. The molecule has 3 N–H and O–H groups in total. The van der Waals surface area contributed by atoms with Crippen LogP contribution in [0.3, 0.4) is 0 Å². The van der Waals surface area contributed by atoms with Crippen molar-refractivity contribution in [3.8, 4) is 0 Å². The van der Waals surface area contributed by atoms with Gasteiger partial charge in [0, 0.05) is 16.2 Å². The predicted octanol–water partition coefficient (Wildman–Crippen LogP) is 3.38. The fourth-order valence-corrected chi connectivity index (χ4v) is 3.86. The van der Waals surface area contributed by atoms with Gasteiger partial charge >= 0.3 is 0 Å². The van der Waals surface area contributed by atoms with Gasteiger partial charge in [-0.1, -0.05) is 40.2 Å². The smallest absolute Gasteiger partial charge is 0.241 e. The molecular formula is C15H17BrN2O2S. The Bertz CT molecular complexity index is 760. The van der Waals surface area contributed by atoms with Crippen molar-refractivity contribution >= 4 is 31.6 Å². The first-order valence-corrected chi connectivity index (χ1v) is 8.72. The zero-order valence-electron chi connectivity index (χ0n) is 11.8. The first-order valence-electron chi connectivity index (χ1n) is 6.44. The van der Waals surface area contributed by atoms with E-state index in [0.717, 1.165) is 15.6 Å². The van der Waals surface area contributed by atoms with Gasteiger partial charge in [-0.15, -0.1) is 0 Å². The van der Waals surface area contributed by atoms with Gasteiger partial charge in [0.1, 0.15) is 0 Å². The highest BCUT2D eigenvalue weighted by Crippen LogP contribution is 2.25. The number of nitrogens with one attached hydrogen (secondary N) is 1. The number of halogens is 1. The van der Waals surface area contributed by atoms with Gasteiger partial charge in [0.25, 0.3) is 0 Å². The number of hydrogen-bond donors (Lipinski definition) is 2. The average Bonchev–Trinajstić information content (AvgIpc) is 2.41. The molecule has 0 fully saturated rings. The number of rotatable bonds is 4. The molecule has 6 heteroatoms. The van der Waals surface area contributed by atoms with E-state index in [4.69, 9.17) is 5.73 Å². The maximum absolute atomic E-state index is 12.4. The molecule has 2 rings (SSSR count). The van der Waals surface area contributed by atoms with E-state index in [9.17, 15) is 8.42 Å². The lowest BCUT2D eigenvalue weighted by Gasteiger charge is -2.16. The Labute approximate surface area is 133 Å². The van der Waals surface area contributed by atoms with E-state index in [1.165, 1.54) is 6.07 Å². The Hall–Kier alpha value is -1.37. The monoisotopic (exact) mass is 368 g/mol. The molecule has 2 aromatic rings. The lowest BCUT2D eigenvalue weighted by atomic mass is 10.1. The van der Waals surface area contributed by atoms with E-state index >= 15 is 0 Å². The van der Waals surface area contributed by atoms with E-state index in [0.29, 0.717) is 5.69 Å². The van der Waals surface area contributed by atoms with Crippen molar-refractivity contribution in [2.24, 2.45) is 0 Å².